The van der Waals surface area contributed by atoms with Gasteiger partial charge in [-0.25, -0.2) is 0 Å². The smallest absolute Gasteiger partial charge is 0.143 e. The van der Waals surface area contributed by atoms with Gasteiger partial charge in [-0.15, -0.1) is 0 Å². The van der Waals surface area contributed by atoms with E-state index in [-0.39, 0.29) is 0 Å². The molecule has 0 saturated heterocycles. The average molecular weight is 756 g/mol. The SMILES string of the molecule is Cc1cc(-c2ccccc2)cc(C)c1N(c1ccc(-c2cccc3c2oc2ccccc23)cc1)c1ccc(C2(c3ccccc3)c3ccccc3-c3ccccc32)cc1. The first-order valence-electron chi connectivity index (χ1n) is 20.4. The molecule has 1 aliphatic rings. The van der Waals surface area contributed by atoms with Gasteiger partial charge in [-0.3, -0.25) is 0 Å². The molecule has 1 heterocycles. The Morgan fingerprint density at radius 1 is 0.390 bits per heavy atom. The first-order chi connectivity index (χ1) is 29.1. The number of benzene rings is 9. The minimum absolute atomic E-state index is 0.458. The summed E-state index contributed by atoms with van der Waals surface area (Å²) in [7, 11) is 0. The quantitative estimate of drug-likeness (QED) is 0.161. The van der Waals surface area contributed by atoms with E-state index in [2.05, 4.69) is 219 Å². The molecule has 2 nitrogen and oxygen atoms in total. The molecule has 0 spiro atoms. The van der Waals surface area contributed by atoms with Crippen LogP contribution in [0.25, 0.3) is 55.3 Å². The van der Waals surface area contributed by atoms with Gasteiger partial charge in [0, 0.05) is 27.7 Å². The van der Waals surface area contributed by atoms with Crippen molar-refractivity contribution < 1.29 is 4.42 Å². The van der Waals surface area contributed by atoms with Gasteiger partial charge < -0.3 is 9.32 Å². The van der Waals surface area contributed by atoms with E-state index < -0.39 is 5.41 Å². The zero-order valence-corrected chi connectivity index (χ0v) is 33.1. The summed E-state index contributed by atoms with van der Waals surface area (Å²) in [5.41, 5.74) is 19.5. The molecule has 0 unspecified atom stereocenters. The van der Waals surface area contributed by atoms with E-state index in [9.17, 15) is 0 Å². The molecule has 9 aromatic carbocycles. The Morgan fingerprint density at radius 3 is 1.56 bits per heavy atom. The Bertz CT molecular complexity index is 3090. The fraction of sp³-hybridized carbons (Fsp3) is 0.0526. The first-order valence-corrected chi connectivity index (χ1v) is 20.4. The van der Waals surface area contributed by atoms with Gasteiger partial charge in [-0.2, -0.15) is 0 Å². The van der Waals surface area contributed by atoms with Crippen molar-refractivity contribution in [3.8, 4) is 33.4 Å². The number of nitrogens with zero attached hydrogens (tertiary/aromatic N) is 1. The first kappa shape index (κ1) is 34.8. The second kappa shape index (κ2) is 13.9. The molecule has 0 saturated carbocycles. The highest BCUT2D eigenvalue weighted by molar-refractivity contribution is 6.09. The molecule has 0 fully saturated rings. The summed E-state index contributed by atoms with van der Waals surface area (Å²) < 4.78 is 6.46. The number of para-hydroxylation sites is 2. The summed E-state index contributed by atoms with van der Waals surface area (Å²) in [5, 5.41) is 2.27. The summed E-state index contributed by atoms with van der Waals surface area (Å²) in [6.07, 6.45) is 0. The lowest BCUT2D eigenvalue weighted by Crippen LogP contribution is -2.28. The van der Waals surface area contributed by atoms with E-state index in [4.69, 9.17) is 4.42 Å². The summed E-state index contributed by atoms with van der Waals surface area (Å²) in [5.74, 6) is 0. The van der Waals surface area contributed by atoms with E-state index in [0.717, 1.165) is 44.4 Å². The third kappa shape index (κ3) is 5.48. The van der Waals surface area contributed by atoms with Crippen LogP contribution in [0.2, 0.25) is 0 Å². The summed E-state index contributed by atoms with van der Waals surface area (Å²) in [4.78, 5) is 2.43. The van der Waals surface area contributed by atoms with Gasteiger partial charge in [0.2, 0.25) is 0 Å². The molecule has 0 amide bonds. The highest BCUT2D eigenvalue weighted by atomic mass is 16.3. The van der Waals surface area contributed by atoms with Crippen molar-refractivity contribution in [1.82, 2.24) is 0 Å². The predicted octanol–water partition coefficient (Wildman–Crippen LogP) is 15.4. The Labute approximate surface area is 345 Å². The lowest BCUT2D eigenvalue weighted by molar-refractivity contribution is 0.670. The molecule has 0 bridgehead atoms. The van der Waals surface area contributed by atoms with E-state index >= 15 is 0 Å². The Balaban J connectivity index is 1.07. The van der Waals surface area contributed by atoms with Gasteiger partial charge in [0.05, 0.1) is 11.1 Å². The molecule has 10 aromatic rings. The normalized spacial score (nSPS) is 12.7. The molecular weight excluding hydrogens is 715 g/mol. The second-order valence-corrected chi connectivity index (χ2v) is 15.7. The summed E-state index contributed by atoms with van der Waals surface area (Å²) in [6, 6.07) is 77.3. The Hall–Kier alpha value is -7.42. The highest BCUT2D eigenvalue weighted by Crippen LogP contribution is 2.56. The second-order valence-electron chi connectivity index (χ2n) is 15.7. The molecule has 0 radical (unpaired) electrons. The van der Waals surface area contributed by atoms with Gasteiger partial charge in [0.1, 0.15) is 11.2 Å². The molecule has 280 valence electrons. The molecule has 59 heavy (non-hydrogen) atoms. The number of furan rings is 1. The minimum Gasteiger partial charge on any atom is -0.455 e. The molecular formula is C57H41NO. The third-order valence-electron chi connectivity index (χ3n) is 12.4. The summed E-state index contributed by atoms with van der Waals surface area (Å²) >= 11 is 0. The zero-order chi connectivity index (χ0) is 39.5. The van der Waals surface area contributed by atoms with Gasteiger partial charge >= 0.3 is 0 Å². The van der Waals surface area contributed by atoms with Crippen molar-refractivity contribution in [3.63, 3.8) is 0 Å². The maximum Gasteiger partial charge on any atom is 0.143 e. The molecule has 0 aliphatic heterocycles. The van der Waals surface area contributed by atoms with E-state index in [1.807, 2.05) is 12.1 Å². The zero-order valence-electron chi connectivity index (χ0n) is 33.1. The van der Waals surface area contributed by atoms with E-state index in [1.54, 1.807) is 0 Å². The Morgan fingerprint density at radius 2 is 0.898 bits per heavy atom. The highest BCUT2D eigenvalue weighted by Gasteiger charge is 2.45. The molecule has 1 aliphatic carbocycles. The number of aryl methyl sites for hydroxylation is 2. The van der Waals surface area contributed by atoms with Crippen LogP contribution in [0.4, 0.5) is 17.1 Å². The lowest BCUT2D eigenvalue weighted by atomic mass is 9.68. The number of hydrogen-bond donors (Lipinski definition) is 0. The molecule has 0 N–H and O–H groups in total. The molecule has 11 rings (SSSR count). The Kier molecular flexibility index (Phi) is 8.20. The molecule has 2 heteroatoms. The van der Waals surface area contributed by atoms with Crippen LogP contribution in [0.15, 0.2) is 217 Å². The summed E-state index contributed by atoms with van der Waals surface area (Å²) in [6.45, 7) is 4.48. The predicted molar refractivity (Wildman–Crippen MR) is 246 cm³/mol. The maximum atomic E-state index is 6.46. The standard InChI is InChI=1S/C57H41NO/c1-38-36-42(40-16-5-3-6-17-40)37-39(2)55(38)58(45-32-28-41(29-33-45)47-23-15-24-51-50-22-11-14-27-54(50)59-56(47)51)46-34-30-44(31-35-46)57(43-18-7-4-8-19-43)52-25-12-9-20-48(52)49-21-10-13-26-53(49)57/h3-37H,1-2H3. The fourth-order valence-corrected chi connectivity index (χ4v) is 9.85. The van der Waals surface area contributed by atoms with Crippen LogP contribution >= 0.6 is 0 Å². The van der Waals surface area contributed by atoms with Crippen molar-refractivity contribution in [1.29, 1.82) is 0 Å². The van der Waals surface area contributed by atoms with Crippen molar-refractivity contribution in [2.24, 2.45) is 0 Å². The molecule has 1 aromatic heterocycles. The lowest BCUT2D eigenvalue weighted by Gasteiger charge is -2.35. The van der Waals surface area contributed by atoms with Crippen molar-refractivity contribution in [2.75, 3.05) is 4.90 Å². The van der Waals surface area contributed by atoms with Gasteiger partial charge in [0.25, 0.3) is 0 Å². The number of rotatable bonds is 7. The largest absolute Gasteiger partial charge is 0.455 e. The maximum absolute atomic E-state index is 6.46. The number of fused-ring (bicyclic) bond motifs is 6. The van der Waals surface area contributed by atoms with Gasteiger partial charge in [0.15, 0.2) is 0 Å². The van der Waals surface area contributed by atoms with Crippen LogP contribution in [0.1, 0.15) is 33.4 Å². The van der Waals surface area contributed by atoms with Crippen LogP contribution < -0.4 is 4.90 Å². The third-order valence-corrected chi connectivity index (χ3v) is 12.4. The minimum atomic E-state index is -0.458. The van der Waals surface area contributed by atoms with Crippen LogP contribution in [0, 0.1) is 13.8 Å². The van der Waals surface area contributed by atoms with Crippen LogP contribution in [-0.4, -0.2) is 0 Å². The van der Waals surface area contributed by atoms with Crippen LogP contribution in [0.5, 0.6) is 0 Å². The van der Waals surface area contributed by atoms with Crippen molar-refractivity contribution in [3.05, 3.63) is 246 Å². The average Bonchev–Trinajstić information content (AvgIpc) is 3.83. The van der Waals surface area contributed by atoms with Crippen LogP contribution in [0.3, 0.4) is 0 Å². The van der Waals surface area contributed by atoms with Crippen LogP contribution in [-0.2, 0) is 5.41 Å². The number of anilines is 3. The molecule has 0 atom stereocenters. The topological polar surface area (TPSA) is 16.4 Å². The van der Waals surface area contributed by atoms with Gasteiger partial charge in [-0.05, 0) is 118 Å². The monoisotopic (exact) mass is 755 g/mol. The van der Waals surface area contributed by atoms with Gasteiger partial charge in [-0.1, -0.05) is 170 Å². The fourth-order valence-electron chi connectivity index (χ4n) is 9.85. The van der Waals surface area contributed by atoms with Crippen molar-refractivity contribution in [2.45, 2.75) is 19.3 Å². The van der Waals surface area contributed by atoms with E-state index in [0.29, 0.717) is 0 Å². The van der Waals surface area contributed by atoms with E-state index in [1.165, 1.54) is 61.3 Å². The van der Waals surface area contributed by atoms with Crippen molar-refractivity contribution >= 4 is 39.0 Å². The number of hydrogen-bond acceptors (Lipinski definition) is 2.